The Morgan fingerprint density at radius 3 is 2.07 bits per heavy atom. The molecule has 248 valence electrons. The van der Waals surface area contributed by atoms with Crippen LogP contribution in [0.1, 0.15) is 105 Å². The van der Waals surface area contributed by atoms with Gasteiger partial charge in [0.1, 0.15) is 18.2 Å². The molecule has 12 heteroatoms. The number of imidazole rings is 1. The van der Waals surface area contributed by atoms with Gasteiger partial charge < -0.3 is 29.2 Å². The molecule has 10 nitrogen and oxygen atoms in total. The van der Waals surface area contributed by atoms with Crippen LogP contribution in [0.25, 0.3) is 11.2 Å². The predicted molar refractivity (Wildman–Crippen MR) is 179 cm³/mol. The molecule has 0 spiro atoms. The van der Waals surface area contributed by atoms with Gasteiger partial charge in [0.2, 0.25) is 0 Å². The van der Waals surface area contributed by atoms with Crippen LogP contribution in [0.15, 0.2) is 12.7 Å². The Bertz CT molecular complexity index is 1050. The van der Waals surface area contributed by atoms with Gasteiger partial charge in [0, 0.05) is 13.2 Å². The quantitative estimate of drug-likeness (QED) is 0.0562. The lowest BCUT2D eigenvalue weighted by Crippen LogP contribution is -2.30. The zero-order valence-electron chi connectivity index (χ0n) is 27.5. The number of nitrogens with zero attached hydrogens (tertiary/aromatic N) is 4. The standard InChI is InChI=1S/C31H60N5O5PSi/c1-5-43(6-2,7-3)23-18-16-14-12-10-8-9-11-13-15-17-20-39-21-19-22-41-42(37,38)27-40-28(4)24-36-26-35-29-30(32)33-25-34-31(29)36/h25-26,28H,5-24,27H2,1-4H3,(H,37,38)(H2,32,33,34)/t28-/m1/s1. The average molecular weight is 642 g/mol. The van der Waals surface area contributed by atoms with E-state index in [0.29, 0.717) is 36.6 Å². The number of nitrogens with two attached hydrogens (primary N) is 1. The van der Waals surface area contributed by atoms with Gasteiger partial charge in [-0.3, -0.25) is 4.57 Å². The van der Waals surface area contributed by atoms with Crippen LogP contribution in [0.3, 0.4) is 0 Å². The molecule has 0 amide bonds. The maximum atomic E-state index is 12.3. The zero-order chi connectivity index (χ0) is 31.4. The summed E-state index contributed by atoms with van der Waals surface area (Å²) in [7, 11) is -4.74. The zero-order valence-corrected chi connectivity index (χ0v) is 29.4. The minimum atomic E-state index is -3.84. The van der Waals surface area contributed by atoms with Crippen molar-refractivity contribution >= 4 is 32.7 Å². The van der Waals surface area contributed by atoms with Crippen molar-refractivity contribution in [2.24, 2.45) is 0 Å². The molecule has 2 aromatic heterocycles. The van der Waals surface area contributed by atoms with Crippen molar-refractivity contribution in [3.8, 4) is 0 Å². The number of aromatic nitrogens is 4. The number of rotatable bonds is 27. The van der Waals surface area contributed by atoms with Gasteiger partial charge in [-0.2, -0.15) is 0 Å². The SMILES string of the molecule is CC[Si](CC)(CC)CCCCCCCCCCCCCOCCCOP(=O)(O)CO[C@H](C)Cn1cnc2c(N)ncnc21. The molecular weight excluding hydrogens is 581 g/mol. The van der Waals surface area contributed by atoms with Crippen molar-refractivity contribution in [1.29, 1.82) is 0 Å². The average Bonchev–Trinajstić information content (AvgIpc) is 3.41. The third-order valence-electron chi connectivity index (χ3n) is 8.88. The van der Waals surface area contributed by atoms with Gasteiger partial charge in [0.15, 0.2) is 11.5 Å². The van der Waals surface area contributed by atoms with Crippen LogP contribution in [0, 0.1) is 0 Å². The third-order valence-corrected chi connectivity index (χ3v) is 15.9. The highest BCUT2D eigenvalue weighted by Gasteiger charge is 2.25. The first-order valence-corrected chi connectivity index (χ1v) is 21.4. The number of nitrogen functional groups attached to an aromatic ring is 1. The summed E-state index contributed by atoms with van der Waals surface area (Å²) in [6, 6.07) is 5.95. The van der Waals surface area contributed by atoms with Crippen LogP contribution >= 0.6 is 7.60 Å². The topological polar surface area (TPSA) is 135 Å². The molecule has 0 saturated heterocycles. The second-order valence-electron chi connectivity index (χ2n) is 12.1. The molecule has 1 unspecified atom stereocenters. The van der Waals surface area contributed by atoms with Gasteiger partial charge in [0.05, 0.1) is 33.7 Å². The Morgan fingerprint density at radius 2 is 1.44 bits per heavy atom. The van der Waals surface area contributed by atoms with E-state index >= 15 is 0 Å². The molecule has 0 saturated carbocycles. The second kappa shape index (κ2) is 21.4. The molecule has 2 aromatic rings. The summed E-state index contributed by atoms with van der Waals surface area (Å²) >= 11 is 0. The number of hydrogen-bond acceptors (Lipinski definition) is 8. The lowest BCUT2D eigenvalue weighted by Gasteiger charge is -2.28. The highest BCUT2D eigenvalue weighted by molar-refractivity contribution is 7.52. The summed E-state index contributed by atoms with van der Waals surface area (Å²) in [4.78, 5) is 22.4. The Hall–Kier alpha value is -1.36. The lowest BCUT2D eigenvalue weighted by atomic mass is 10.1. The first-order valence-electron chi connectivity index (χ1n) is 16.8. The summed E-state index contributed by atoms with van der Waals surface area (Å²) in [5.74, 6) is 0.310. The Balaban J connectivity index is 1.37. The summed E-state index contributed by atoms with van der Waals surface area (Å²) in [6.07, 6.45) is 17.5. The van der Waals surface area contributed by atoms with Gasteiger partial charge in [-0.05, 0) is 19.8 Å². The van der Waals surface area contributed by atoms with Crippen LogP contribution in [-0.2, 0) is 25.1 Å². The maximum absolute atomic E-state index is 12.3. The number of unbranched alkanes of at least 4 members (excludes halogenated alkanes) is 10. The van der Waals surface area contributed by atoms with Gasteiger partial charge in [-0.15, -0.1) is 0 Å². The molecule has 0 aliphatic rings. The maximum Gasteiger partial charge on any atom is 0.353 e. The van der Waals surface area contributed by atoms with Crippen LogP contribution in [0.5, 0.6) is 0 Å². The van der Waals surface area contributed by atoms with Crippen molar-refractivity contribution in [2.75, 3.05) is 31.9 Å². The van der Waals surface area contributed by atoms with Crippen molar-refractivity contribution in [3.63, 3.8) is 0 Å². The molecular formula is C31H60N5O5PSi. The van der Waals surface area contributed by atoms with Gasteiger partial charge in [-0.1, -0.05) is 109 Å². The van der Waals surface area contributed by atoms with E-state index in [0.717, 1.165) is 13.0 Å². The van der Waals surface area contributed by atoms with E-state index in [1.807, 2.05) is 6.92 Å². The smallest absolute Gasteiger partial charge is 0.353 e. The van der Waals surface area contributed by atoms with E-state index in [2.05, 4.69) is 35.7 Å². The summed E-state index contributed by atoms with van der Waals surface area (Å²) in [5.41, 5.74) is 6.93. The van der Waals surface area contributed by atoms with Crippen LogP contribution in [0.4, 0.5) is 5.82 Å². The summed E-state index contributed by atoms with van der Waals surface area (Å²) in [5, 5.41) is 0. The normalized spacial score (nSPS) is 14.3. The predicted octanol–water partition coefficient (Wildman–Crippen LogP) is 8.18. The number of anilines is 1. The highest BCUT2D eigenvalue weighted by atomic mass is 31.2. The summed E-state index contributed by atoms with van der Waals surface area (Å²) < 4.78 is 30.5. The van der Waals surface area contributed by atoms with Crippen LogP contribution in [0.2, 0.25) is 24.2 Å². The fraction of sp³-hybridized carbons (Fsp3) is 0.839. The van der Waals surface area contributed by atoms with E-state index in [1.165, 1.54) is 88.7 Å². The molecule has 3 N–H and O–H groups in total. The largest absolute Gasteiger partial charge is 0.382 e. The molecule has 2 atom stereocenters. The van der Waals surface area contributed by atoms with Crippen molar-refractivity contribution < 1.29 is 23.5 Å². The minimum absolute atomic E-state index is 0.159. The minimum Gasteiger partial charge on any atom is -0.382 e. The monoisotopic (exact) mass is 641 g/mol. The number of ether oxygens (including phenoxy) is 2. The van der Waals surface area contributed by atoms with Gasteiger partial charge >= 0.3 is 7.60 Å². The molecule has 0 aromatic carbocycles. The van der Waals surface area contributed by atoms with Crippen LogP contribution < -0.4 is 5.73 Å². The van der Waals surface area contributed by atoms with Gasteiger partial charge in [0.25, 0.3) is 0 Å². The van der Waals surface area contributed by atoms with Gasteiger partial charge in [-0.25, -0.2) is 15.0 Å². The first-order chi connectivity index (χ1) is 20.8. The number of hydrogen-bond donors (Lipinski definition) is 2. The summed E-state index contributed by atoms with van der Waals surface area (Å²) in [6.45, 7) is 10.9. The van der Waals surface area contributed by atoms with Crippen LogP contribution in [-0.4, -0.2) is 64.8 Å². The van der Waals surface area contributed by atoms with Crippen molar-refractivity contribution in [2.45, 2.75) is 142 Å². The van der Waals surface area contributed by atoms with Crippen molar-refractivity contribution in [3.05, 3.63) is 12.7 Å². The first kappa shape index (κ1) is 37.8. The van der Waals surface area contributed by atoms with E-state index in [1.54, 1.807) is 16.9 Å². The van der Waals surface area contributed by atoms with Crippen molar-refractivity contribution in [1.82, 2.24) is 19.5 Å². The molecule has 0 radical (unpaired) electrons. The molecule has 0 bridgehead atoms. The molecule has 0 fully saturated rings. The van der Waals surface area contributed by atoms with E-state index in [9.17, 15) is 9.46 Å². The molecule has 2 rings (SSSR count). The second-order valence-corrected chi connectivity index (χ2v) is 19.5. The highest BCUT2D eigenvalue weighted by Crippen LogP contribution is 2.42. The Kier molecular flexibility index (Phi) is 18.8. The number of fused-ring (bicyclic) bond motifs is 1. The lowest BCUT2D eigenvalue weighted by molar-refractivity contribution is 0.0688. The van der Waals surface area contributed by atoms with E-state index < -0.39 is 15.7 Å². The molecule has 43 heavy (non-hydrogen) atoms. The third kappa shape index (κ3) is 15.0. The molecule has 2 heterocycles. The van der Waals surface area contributed by atoms with E-state index in [-0.39, 0.29) is 19.1 Å². The fourth-order valence-electron chi connectivity index (χ4n) is 5.67. The molecule has 0 aliphatic carbocycles. The fourth-order valence-corrected chi connectivity index (χ4v) is 10.2. The Morgan fingerprint density at radius 1 is 0.860 bits per heavy atom. The Labute approximate surface area is 261 Å². The van der Waals surface area contributed by atoms with E-state index in [4.69, 9.17) is 19.7 Å². The molecule has 0 aliphatic heterocycles.